The molecule has 3 nitrogen and oxygen atoms in total. The second kappa shape index (κ2) is 4.88. The molecule has 0 spiro atoms. The molecule has 0 aromatic rings. The van der Waals surface area contributed by atoms with Crippen molar-refractivity contribution >= 4 is 0 Å². The molecule has 37 valence electrons. The van der Waals surface area contributed by atoms with Gasteiger partial charge in [-0.2, -0.15) is 0 Å². The third kappa shape index (κ3) is 3.88. The third-order valence-electron chi connectivity index (χ3n) is 0.348. The highest BCUT2D eigenvalue weighted by molar-refractivity contribution is 4.21. The topological polar surface area (TPSA) is 45.1 Å². The van der Waals surface area contributed by atoms with Gasteiger partial charge in [0.15, 0.2) is 0 Å². The van der Waals surface area contributed by atoms with Crippen molar-refractivity contribution in [2.45, 2.75) is 0 Å². The SMILES string of the molecule is CNOCC[NH]. The van der Waals surface area contributed by atoms with E-state index in [0.29, 0.717) is 13.2 Å². The lowest BCUT2D eigenvalue weighted by molar-refractivity contribution is 0.0634. The molecule has 0 aliphatic carbocycles. The molecule has 2 N–H and O–H groups in total. The summed E-state index contributed by atoms with van der Waals surface area (Å²) >= 11 is 0. The summed E-state index contributed by atoms with van der Waals surface area (Å²) in [4.78, 5) is 4.55. The van der Waals surface area contributed by atoms with Crippen molar-refractivity contribution in [3.05, 3.63) is 0 Å². The zero-order chi connectivity index (χ0) is 4.83. The minimum absolute atomic E-state index is 0.320. The quantitative estimate of drug-likeness (QED) is 0.371. The van der Waals surface area contributed by atoms with Gasteiger partial charge in [0.2, 0.25) is 0 Å². The smallest absolute Gasteiger partial charge is 0.0820 e. The van der Waals surface area contributed by atoms with Crippen LogP contribution in [0.15, 0.2) is 0 Å². The molecule has 0 fully saturated rings. The summed E-state index contributed by atoms with van der Waals surface area (Å²) in [6.07, 6.45) is 0. The van der Waals surface area contributed by atoms with Gasteiger partial charge in [0.25, 0.3) is 0 Å². The Kier molecular flexibility index (Phi) is 4.78. The molecular weight excluding hydrogens is 80.0 g/mol. The first-order chi connectivity index (χ1) is 2.91. The van der Waals surface area contributed by atoms with E-state index in [1.165, 1.54) is 0 Å². The number of hydroxylamine groups is 1. The van der Waals surface area contributed by atoms with Gasteiger partial charge in [0, 0.05) is 13.6 Å². The van der Waals surface area contributed by atoms with Gasteiger partial charge < -0.3 is 4.84 Å². The molecule has 0 atom stereocenters. The molecule has 0 rings (SSSR count). The average Bonchev–Trinajstić information content (AvgIpc) is 1.61. The molecular formula is C3H9N2O. The summed E-state index contributed by atoms with van der Waals surface area (Å²) in [7, 11) is 1.68. The van der Waals surface area contributed by atoms with Gasteiger partial charge >= 0.3 is 0 Å². The van der Waals surface area contributed by atoms with E-state index in [1.54, 1.807) is 7.05 Å². The van der Waals surface area contributed by atoms with Crippen LogP contribution in [-0.2, 0) is 4.84 Å². The fourth-order valence-corrected chi connectivity index (χ4v) is 0.153. The molecule has 0 saturated carbocycles. The van der Waals surface area contributed by atoms with Gasteiger partial charge in [-0.15, -0.1) is 0 Å². The van der Waals surface area contributed by atoms with Crippen LogP contribution < -0.4 is 11.2 Å². The van der Waals surface area contributed by atoms with E-state index in [-0.39, 0.29) is 0 Å². The predicted molar refractivity (Wildman–Crippen MR) is 23.0 cm³/mol. The summed E-state index contributed by atoms with van der Waals surface area (Å²) in [6.45, 7) is 0.789. The Hall–Kier alpha value is -0.120. The fourth-order valence-electron chi connectivity index (χ4n) is 0.153. The summed E-state index contributed by atoms with van der Waals surface area (Å²) in [6, 6.07) is 0. The molecule has 0 aliphatic rings. The summed E-state index contributed by atoms with van der Waals surface area (Å²) in [5.41, 5.74) is 8.99. The molecule has 3 heteroatoms. The van der Waals surface area contributed by atoms with Crippen LogP contribution >= 0.6 is 0 Å². The van der Waals surface area contributed by atoms with Crippen LogP contribution in [0.3, 0.4) is 0 Å². The highest BCUT2D eigenvalue weighted by Crippen LogP contribution is 1.56. The second-order valence-electron chi connectivity index (χ2n) is 0.803. The number of hydrogen-bond donors (Lipinski definition) is 1. The average molecular weight is 89.1 g/mol. The van der Waals surface area contributed by atoms with Crippen molar-refractivity contribution in [2.75, 3.05) is 20.2 Å². The fraction of sp³-hybridized carbons (Fsp3) is 1.00. The molecule has 0 amide bonds. The van der Waals surface area contributed by atoms with Crippen LogP contribution in [0.25, 0.3) is 0 Å². The van der Waals surface area contributed by atoms with Crippen molar-refractivity contribution in [1.82, 2.24) is 11.2 Å². The lowest BCUT2D eigenvalue weighted by Crippen LogP contribution is -2.11. The molecule has 0 heterocycles. The van der Waals surface area contributed by atoms with Crippen LogP contribution in [-0.4, -0.2) is 20.2 Å². The Morgan fingerprint density at radius 3 is 2.67 bits per heavy atom. The van der Waals surface area contributed by atoms with E-state index in [0.717, 1.165) is 0 Å². The number of rotatable bonds is 3. The summed E-state index contributed by atoms with van der Waals surface area (Å²) in [5, 5.41) is 0. The Balaban J connectivity index is 2.34. The highest BCUT2D eigenvalue weighted by atomic mass is 16.6. The first-order valence-corrected chi connectivity index (χ1v) is 1.85. The van der Waals surface area contributed by atoms with Crippen molar-refractivity contribution < 1.29 is 4.84 Å². The molecule has 0 aromatic carbocycles. The first-order valence-electron chi connectivity index (χ1n) is 1.85. The Bertz CT molecular complexity index is 20.8. The molecule has 0 unspecified atom stereocenters. The van der Waals surface area contributed by atoms with Gasteiger partial charge in [-0.3, -0.25) is 5.73 Å². The van der Waals surface area contributed by atoms with Gasteiger partial charge in [-0.05, 0) is 0 Å². The van der Waals surface area contributed by atoms with Crippen molar-refractivity contribution in [3.8, 4) is 0 Å². The monoisotopic (exact) mass is 89.1 g/mol. The summed E-state index contributed by atoms with van der Waals surface area (Å²) < 4.78 is 0. The number of hydrogen-bond acceptors (Lipinski definition) is 2. The maximum Gasteiger partial charge on any atom is 0.0820 e. The van der Waals surface area contributed by atoms with E-state index in [2.05, 4.69) is 10.3 Å². The van der Waals surface area contributed by atoms with Crippen molar-refractivity contribution in [1.29, 1.82) is 0 Å². The van der Waals surface area contributed by atoms with Crippen LogP contribution in [0.4, 0.5) is 0 Å². The Labute approximate surface area is 37.4 Å². The standard InChI is InChI=1S/C3H9N2O/c1-5-6-3-2-4/h4-5H,2-3H2,1H3. The summed E-state index contributed by atoms with van der Waals surface area (Å²) in [5.74, 6) is 0. The van der Waals surface area contributed by atoms with Gasteiger partial charge in [-0.25, -0.2) is 5.48 Å². The van der Waals surface area contributed by atoms with E-state index in [1.807, 2.05) is 0 Å². The Morgan fingerprint density at radius 2 is 2.50 bits per heavy atom. The molecule has 0 aromatic heterocycles. The first kappa shape index (κ1) is 5.88. The minimum Gasteiger partial charge on any atom is -0.301 e. The lowest BCUT2D eigenvalue weighted by Gasteiger charge is -1.92. The van der Waals surface area contributed by atoms with Crippen LogP contribution in [0.2, 0.25) is 0 Å². The molecule has 6 heavy (non-hydrogen) atoms. The van der Waals surface area contributed by atoms with Gasteiger partial charge in [0.1, 0.15) is 0 Å². The second-order valence-corrected chi connectivity index (χ2v) is 0.803. The van der Waals surface area contributed by atoms with Crippen LogP contribution in [0.1, 0.15) is 0 Å². The highest BCUT2D eigenvalue weighted by Gasteiger charge is 1.72. The largest absolute Gasteiger partial charge is 0.301 e. The molecule has 0 aliphatic heterocycles. The lowest BCUT2D eigenvalue weighted by atomic mass is 10.8. The molecule has 1 radical (unpaired) electrons. The van der Waals surface area contributed by atoms with Crippen LogP contribution in [0, 0.1) is 0 Å². The maximum absolute atomic E-state index is 6.54. The molecule has 0 bridgehead atoms. The van der Waals surface area contributed by atoms with Crippen LogP contribution in [0.5, 0.6) is 0 Å². The van der Waals surface area contributed by atoms with Crippen molar-refractivity contribution in [2.24, 2.45) is 0 Å². The Morgan fingerprint density at radius 1 is 1.83 bits per heavy atom. The van der Waals surface area contributed by atoms with E-state index < -0.39 is 0 Å². The van der Waals surface area contributed by atoms with E-state index in [4.69, 9.17) is 5.73 Å². The number of nitrogens with one attached hydrogen (secondary N) is 2. The minimum atomic E-state index is 0.320. The van der Waals surface area contributed by atoms with Gasteiger partial charge in [-0.1, -0.05) is 0 Å². The third-order valence-corrected chi connectivity index (χ3v) is 0.348. The zero-order valence-corrected chi connectivity index (χ0v) is 3.82. The maximum atomic E-state index is 6.54. The van der Waals surface area contributed by atoms with E-state index in [9.17, 15) is 0 Å². The van der Waals surface area contributed by atoms with E-state index >= 15 is 0 Å². The van der Waals surface area contributed by atoms with Crippen molar-refractivity contribution in [3.63, 3.8) is 0 Å². The van der Waals surface area contributed by atoms with Gasteiger partial charge in [0.05, 0.1) is 6.61 Å². The molecule has 0 saturated heterocycles. The zero-order valence-electron chi connectivity index (χ0n) is 3.82. The normalized spacial score (nSPS) is 9.00. The predicted octanol–water partition coefficient (Wildman–Crippen LogP) is -0.580.